The zero-order valence-electron chi connectivity index (χ0n) is 12.1. The summed E-state index contributed by atoms with van der Waals surface area (Å²) in [6, 6.07) is 0. The molecule has 0 aromatic carbocycles. The Balaban J connectivity index is 2.34. The first-order valence-corrected chi connectivity index (χ1v) is 8.42. The van der Waals surface area contributed by atoms with Crippen molar-refractivity contribution in [3.05, 3.63) is 11.3 Å². The van der Waals surface area contributed by atoms with Crippen molar-refractivity contribution in [2.75, 3.05) is 6.61 Å². The molecule has 0 aromatic rings. The third kappa shape index (κ3) is 3.11. The molecule has 5 nitrogen and oxygen atoms in total. The van der Waals surface area contributed by atoms with Gasteiger partial charge in [0.25, 0.3) is 0 Å². The highest BCUT2D eigenvalue weighted by atomic mass is 32.2. The predicted octanol–water partition coefficient (Wildman–Crippen LogP) is 2.06. The molecule has 0 heterocycles. The smallest absolute Gasteiger partial charge is 0.393 e. The Morgan fingerprint density at radius 3 is 2.55 bits per heavy atom. The maximum atomic E-state index is 12.4. The summed E-state index contributed by atoms with van der Waals surface area (Å²) < 4.78 is 64.0. The second-order valence-corrected chi connectivity index (χ2v) is 7.77. The first-order chi connectivity index (χ1) is 10.00. The molecular weight excluding hydrogens is 325 g/mol. The van der Waals surface area contributed by atoms with Gasteiger partial charge in [-0.25, -0.2) is 0 Å². The van der Waals surface area contributed by atoms with Crippen LogP contribution in [0.4, 0.5) is 13.2 Å². The minimum Gasteiger partial charge on any atom is -0.393 e. The summed E-state index contributed by atoms with van der Waals surface area (Å²) in [6.45, 7) is 1.34. The summed E-state index contributed by atoms with van der Waals surface area (Å²) in [5.41, 5.74) is -5.66. The molecule has 22 heavy (non-hydrogen) atoms. The lowest BCUT2D eigenvalue weighted by Crippen LogP contribution is -2.42. The summed E-state index contributed by atoms with van der Waals surface area (Å²) in [5.74, 6) is -0.591. The van der Waals surface area contributed by atoms with E-state index in [-0.39, 0.29) is 29.1 Å². The van der Waals surface area contributed by atoms with E-state index in [0.717, 1.165) is 0 Å². The van der Waals surface area contributed by atoms with Crippen molar-refractivity contribution in [1.82, 2.24) is 0 Å². The Kier molecular flexibility index (Phi) is 4.53. The van der Waals surface area contributed by atoms with E-state index in [1.165, 1.54) is 0 Å². The lowest BCUT2D eigenvalue weighted by atomic mass is 9.59. The van der Waals surface area contributed by atoms with Crippen LogP contribution in [0.5, 0.6) is 0 Å². The van der Waals surface area contributed by atoms with Crippen molar-refractivity contribution in [3.63, 3.8) is 0 Å². The van der Waals surface area contributed by atoms with Gasteiger partial charge in [0, 0.05) is 6.42 Å². The maximum absolute atomic E-state index is 12.4. The van der Waals surface area contributed by atoms with Crippen LogP contribution in [0.2, 0.25) is 0 Å². The van der Waals surface area contributed by atoms with Crippen LogP contribution in [-0.4, -0.2) is 36.9 Å². The topological polar surface area (TPSA) is 83.8 Å². The van der Waals surface area contributed by atoms with Gasteiger partial charge < -0.3 is 14.4 Å². The van der Waals surface area contributed by atoms with Crippen LogP contribution >= 0.6 is 0 Å². The van der Waals surface area contributed by atoms with Gasteiger partial charge in [0.2, 0.25) is 0 Å². The zero-order valence-corrected chi connectivity index (χ0v) is 12.9. The molecular formula is C13H19F3O5S. The van der Waals surface area contributed by atoms with Gasteiger partial charge in [0.05, 0.1) is 12.7 Å². The van der Waals surface area contributed by atoms with Gasteiger partial charge in [-0.15, -0.1) is 0 Å². The van der Waals surface area contributed by atoms with E-state index < -0.39 is 28.3 Å². The van der Waals surface area contributed by atoms with Crippen molar-refractivity contribution in [1.29, 1.82) is 0 Å². The summed E-state index contributed by atoms with van der Waals surface area (Å²) in [5, 5.41) is 19.3. The first-order valence-electron chi connectivity index (χ1n) is 7.02. The maximum Gasteiger partial charge on any atom is 0.534 e. The number of hydrogen-bond donors (Lipinski definition) is 2. The Labute approximate surface area is 126 Å². The Hall–Kier alpha value is -0.800. The number of halogens is 3. The molecule has 3 atom stereocenters. The van der Waals surface area contributed by atoms with E-state index in [4.69, 9.17) is 0 Å². The summed E-state index contributed by atoms with van der Waals surface area (Å²) in [4.78, 5) is 0. The number of hydrogen-bond acceptors (Lipinski definition) is 5. The minimum atomic E-state index is -5.73. The van der Waals surface area contributed by atoms with E-state index in [2.05, 4.69) is 4.18 Å². The highest BCUT2D eigenvalue weighted by Gasteiger charge is 2.51. The third-order valence-electron chi connectivity index (χ3n) is 4.70. The van der Waals surface area contributed by atoms with Crippen LogP contribution in [0.1, 0.15) is 39.0 Å². The fourth-order valence-corrected chi connectivity index (χ4v) is 4.14. The number of aliphatic hydroxyl groups excluding tert-OH is 2. The quantitative estimate of drug-likeness (QED) is 0.605. The number of fused-ring (bicyclic) bond motifs is 1. The van der Waals surface area contributed by atoms with Crippen LogP contribution in [0.15, 0.2) is 11.3 Å². The molecule has 0 aliphatic heterocycles. The van der Waals surface area contributed by atoms with Gasteiger partial charge in [0.15, 0.2) is 0 Å². The molecule has 2 aliphatic carbocycles. The van der Waals surface area contributed by atoms with Crippen LogP contribution in [0.25, 0.3) is 0 Å². The molecule has 2 N–H and O–H groups in total. The van der Waals surface area contributed by atoms with Crippen LogP contribution < -0.4 is 0 Å². The Morgan fingerprint density at radius 2 is 2.00 bits per heavy atom. The second kappa shape index (κ2) is 5.68. The van der Waals surface area contributed by atoms with Crippen LogP contribution in [0, 0.1) is 11.3 Å². The fraction of sp³-hybridized carbons (Fsp3) is 0.846. The van der Waals surface area contributed by atoms with E-state index >= 15 is 0 Å². The van der Waals surface area contributed by atoms with Crippen molar-refractivity contribution in [2.45, 2.75) is 50.6 Å². The normalized spacial score (nSPS) is 33.5. The molecule has 0 amide bonds. The average molecular weight is 344 g/mol. The molecule has 1 fully saturated rings. The lowest BCUT2D eigenvalue weighted by molar-refractivity contribution is -0.0533. The van der Waals surface area contributed by atoms with E-state index in [1.54, 1.807) is 0 Å². The Bertz CT molecular complexity index is 569. The monoisotopic (exact) mass is 344 g/mol. The number of allylic oxidation sites excluding steroid dienone is 1. The van der Waals surface area contributed by atoms with Gasteiger partial charge in [-0.05, 0) is 42.6 Å². The SMILES string of the molecule is C[C@]12CCC(OS(=O)(=O)C(F)(F)F)=C(CO)[C@@H]1CC[C@H](O)C2. The summed E-state index contributed by atoms with van der Waals surface area (Å²) >= 11 is 0. The average Bonchev–Trinajstić information content (AvgIpc) is 2.37. The fourth-order valence-electron chi connectivity index (χ4n) is 3.59. The highest BCUT2D eigenvalue weighted by molar-refractivity contribution is 7.87. The summed E-state index contributed by atoms with van der Waals surface area (Å²) in [6.07, 6.45) is 1.32. The van der Waals surface area contributed by atoms with E-state index in [9.17, 15) is 31.8 Å². The molecule has 0 radical (unpaired) electrons. The molecule has 128 valence electrons. The Morgan fingerprint density at radius 1 is 1.36 bits per heavy atom. The number of aliphatic hydroxyl groups is 2. The molecule has 0 saturated heterocycles. The molecule has 0 aromatic heterocycles. The van der Waals surface area contributed by atoms with E-state index in [1.807, 2.05) is 6.92 Å². The summed E-state index contributed by atoms with van der Waals surface area (Å²) in [7, 11) is -5.73. The van der Waals surface area contributed by atoms with E-state index in [0.29, 0.717) is 25.7 Å². The predicted molar refractivity (Wildman–Crippen MR) is 70.9 cm³/mol. The third-order valence-corrected chi connectivity index (χ3v) is 5.69. The van der Waals surface area contributed by atoms with Gasteiger partial charge in [0.1, 0.15) is 5.76 Å². The minimum absolute atomic E-state index is 0.00900. The van der Waals surface area contributed by atoms with Crippen molar-refractivity contribution in [2.24, 2.45) is 11.3 Å². The lowest BCUT2D eigenvalue weighted by Gasteiger charge is -2.47. The van der Waals surface area contributed by atoms with Gasteiger partial charge in [-0.2, -0.15) is 21.6 Å². The second-order valence-electron chi connectivity index (χ2n) is 6.23. The molecule has 0 unspecified atom stereocenters. The van der Waals surface area contributed by atoms with Gasteiger partial charge >= 0.3 is 15.6 Å². The van der Waals surface area contributed by atoms with Crippen molar-refractivity contribution >= 4 is 10.1 Å². The number of alkyl halides is 3. The van der Waals surface area contributed by atoms with Crippen LogP contribution in [-0.2, 0) is 14.3 Å². The van der Waals surface area contributed by atoms with Gasteiger partial charge in [-0.3, -0.25) is 0 Å². The molecule has 0 bridgehead atoms. The molecule has 0 spiro atoms. The molecule has 1 saturated carbocycles. The zero-order chi connectivity index (χ0) is 16.8. The first kappa shape index (κ1) is 17.6. The largest absolute Gasteiger partial charge is 0.534 e. The van der Waals surface area contributed by atoms with Gasteiger partial charge in [-0.1, -0.05) is 6.92 Å². The van der Waals surface area contributed by atoms with Crippen molar-refractivity contribution in [3.8, 4) is 0 Å². The molecule has 9 heteroatoms. The van der Waals surface area contributed by atoms with Crippen molar-refractivity contribution < 1.29 is 36.0 Å². The van der Waals surface area contributed by atoms with Crippen LogP contribution in [0.3, 0.4) is 0 Å². The molecule has 2 aliphatic rings. The number of rotatable bonds is 3. The molecule has 2 rings (SSSR count). The highest BCUT2D eigenvalue weighted by Crippen LogP contribution is 2.52. The standard InChI is InChI=1S/C13H19F3O5S/c1-12-5-4-11(21-22(19,20)13(14,15)16)9(7-17)10(12)3-2-8(18)6-12/h8,10,17-18H,2-7H2,1H3/t8-,10-,12+/m0/s1.